The van der Waals surface area contributed by atoms with Crippen molar-refractivity contribution in [3.63, 3.8) is 0 Å². The highest BCUT2D eigenvalue weighted by molar-refractivity contribution is 5.93. The highest BCUT2D eigenvalue weighted by atomic mass is 79.9. The summed E-state index contributed by atoms with van der Waals surface area (Å²) in [6, 6.07) is 23.6. The van der Waals surface area contributed by atoms with Crippen molar-refractivity contribution in [2.75, 3.05) is 0 Å². The van der Waals surface area contributed by atoms with E-state index in [9.17, 15) is 0 Å². The Morgan fingerprint density at radius 1 is 0.604 bits per heavy atom. The second-order valence-corrected chi connectivity index (χ2v) is 12.6. The van der Waals surface area contributed by atoms with Gasteiger partial charge in [0, 0.05) is 59.2 Å². The molecule has 0 fully saturated rings. The molecule has 0 amide bonds. The van der Waals surface area contributed by atoms with E-state index in [1.165, 1.54) is 33.4 Å². The average molecular weight is 767 g/mol. The molecule has 0 unspecified atom stereocenters. The molecule has 0 radical (unpaired) electrons. The monoisotopic (exact) mass is 764 g/mol. The smallest absolute Gasteiger partial charge is 0.168 e. The van der Waals surface area contributed by atoms with E-state index < -0.39 is 0 Å². The van der Waals surface area contributed by atoms with Crippen molar-refractivity contribution >= 4 is 44.9 Å². The minimum atomic E-state index is 0. The number of aromatic nitrogens is 6. The standard InChI is InChI=1S/C40H42N6.2BrH/c1-27-21-32-24-37-29(3)33(13-11-19-45-15-7-5-8-16-45)39(43-37)26-40-34(14-12-20-46-17-9-6-10-18-46)30(4)38(44-40)25-36-28(2)22-31(42-36)23-35(27)41-32;;/h5-10,15-18,21-26,42-43H,11-14,19-20H2,1-4H3;2*1H/q+2;;/p-2. The van der Waals surface area contributed by atoms with Crippen LogP contribution in [0.15, 0.2) is 91.5 Å². The fourth-order valence-electron chi connectivity index (χ4n) is 6.69. The SMILES string of the molecule is CC1=Cc2cc3[nH]c(cc4nc(cc5[nH]c(cc1n2)cc5C)C(C)=C4CCC[n+]1ccccc1)c(CCC[n+]1ccccc1)c3C.[Br-].[Br-]. The van der Waals surface area contributed by atoms with Crippen molar-refractivity contribution in [2.45, 2.75) is 66.5 Å². The van der Waals surface area contributed by atoms with Gasteiger partial charge >= 0.3 is 0 Å². The molecule has 7 rings (SSSR count). The van der Waals surface area contributed by atoms with E-state index in [0.29, 0.717) is 0 Å². The van der Waals surface area contributed by atoms with Crippen LogP contribution in [0.25, 0.3) is 44.9 Å². The lowest BCUT2D eigenvalue weighted by Gasteiger charge is -2.04. The second-order valence-electron chi connectivity index (χ2n) is 12.6. The molecule has 2 N–H and O–H groups in total. The number of allylic oxidation sites excluding steroid dienone is 3. The van der Waals surface area contributed by atoms with Crippen LogP contribution >= 0.6 is 0 Å². The molecule has 0 saturated carbocycles. The fourth-order valence-corrected chi connectivity index (χ4v) is 6.69. The predicted molar refractivity (Wildman–Crippen MR) is 187 cm³/mol. The van der Waals surface area contributed by atoms with Crippen LogP contribution in [-0.4, -0.2) is 19.9 Å². The first-order chi connectivity index (χ1) is 22.4. The topological polar surface area (TPSA) is 65.1 Å². The van der Waals surface area contributed by atoms with Crippen LogP contribution in [0, 0.1) is 13.8 Å². The maximum absolute atomic E-state index is 5.30. The molecule has 246 valence electrons. The number of hydrogen-bond acceptors (Lipinski definition) is 2. The van der Waals surface area contributed by atoms with Crippen molar-refractivity contribution in [1.82, 2.24) is 19.9 Å². The van der Waals surface area contributed by atoms with Crippen LogP contribution in [-0.2, 0) is 19.5 Å². The molecule has 8 heteroatoms. The zero-order chi connectivity index (χ0) is 31.6. The quantitative estimate of drug-likeness (QED) is 0.238. The molecule has 5 aromatic rings. The van der Waals surface area contributed by atoms with Gasteiger partial charge in [0.2, 0.25) is 0 Å². The highest BCUT2D eigenvalue weighted by Crippen LogP contribution is 2.35. The van der Waals surface area contributed by atoms with Gasteiger partial charge in [0.15, 0.2) is 24.8 Å². The van der Waals surface area contributed by atoms with Crippen molar-refractivity contribution in [3.05, 3.63) is 131 Å². The first-order valence-corrected chi connectivity index (χ1v) is 16.4. The second kappa shape index (κ2) is 15.4. The molecule has 6 nitrogen and oxygen atoms in total. The largest absolute Gasteiger partial charge is 1.00 e. The summed E-state index contributed by atoms with van der Waals surface area (Å²) in [5.74, 6) is 0. The normalized spacial score (nSPS) is 12.4. The maximum Gasteiger partial charge on any atom is 0.168 e. The molecule has 7 heterocycles. The van der Waals surface area contributed by atoms with Crippen LogP contribution in [0.3, 0.4) is 0 Å². The predicted octanol–water partition coefficient (Wildman–Crippen LogP) is 2.12. The van der Waals surface area contributed by atoms with Gasteiger partial charge in [-0.3, -0.25) is 0 Å². The zero-order valence-electron chi connectivity index (χ0n) is 28.0. The fraction of sp³-hybridized carbons (Fsp3) is 0.250. The van der Waals surface area contributed by atoms with E-state index in [4.69, 9.17) is 9.97 Å². The minimum Gasteiger partial charge on any atom is -1.00 e. The molecular weight excluding hydrogens is 724 g/mol. The van der Waals surface area contributed by atoms with Gasteiger partial charge in [0.05, 0.1) is 22.8 Å². The molecule has 48 heavy (non-hydrogen) atoms. The van der Waals surface area contributed by atoms with Crippen LogP contribution in [0.1, 0.15) is 72.6 Å². The van der Waals surface area contributed by atoms with E-state index in [1.807, 2.05) is 0 Å². The summed E-state index contributed by atoms with van der Waals surface area (Å²) < 4.78 is 4.52. The molecule has 2 aliphatic heterocycles. The number of aromatic amines is 2. The lowest BCUT2D eigenvalue weighted by atomic mass is 10.0. The number of H-pyrrole nitrogens is 2. The Bertz CT molecular complexity index is 2140. The molecule has 0 aliphatic carbocycles. The molecule has 2 aliphatic rings. The maximum atomic E-state index is 5.30. The van der Waals surface area contributed by atoms with E-state index in [2.05, 4.69) is 144 Å². The lowest BCUT2D eigenvalue weighted by Crippen LogP contribution is -3.00. The third-order valence-electron chi connectivity index (χ3n) is 9.32. The first-order valence-electron chi connectivity index (χ1n) is 16.4. The average Bonchev–Trinajstić information content (AvgIpc) is 3.75. The zero-order valence-corrected chi connectivity index (χ0v) is 31.2. The molecule has 0 saturated heterocycles. The van der Waals surface area contributed by atoms with Crippen LogP contribution in [0.4, 0.5) is 0 Å². The van der Waals surface area contributed by atoms with Crippen molar-refractivity contribution < 1.29 is 43.1 Å². The number of pyridine rings is 2. The van der Waals surface area contributed by atoms with Gasteiger partial charge < -0.3 is 43.9 Å². The van der Waals surface area contributed by atoms with Crippen molar-refractivity contribution in [1.29, 1.82) is 0 Å². The summed E-state index contributed by atoms with van der Waals surface area (Å²) in [6.45, 7) is 10.7. The number of hydrogen-bond donors (Lipinski definition) is 2. The summed E-state index contributed by atoms with van der Waals surface area (Å²) in [4.78, 5) is 17.8. The first kappa shape index (κ1) is 35.2. The number of aryl methyl sites for hydroxylation is 5. The third-order valence-corrected chi connectivity index (χ3v) is 9.32. The van der Waals surface area contributed by atoms with Gasteiger partial charge in [0.25, 0.3) is 0 Å². The molecular formula is C40H42Br2N6. The Labute approximate surface area is 303 Å². The van der Waals surface area contributed by atoms with Gasteiger partial charge in [-0.2, -0.15) is 0 Å². The van der Waals surface area contributed by atoms with Crippen LogP contribution in [0.2, 0.25) is 0 Å². The number of nitrogens with one attached hydrogen (secondary N) is 2. The Kier molecular flexibility index (Phi) is 11.3. The van der Waals surface area contributed by atoms with Gasteiger partial charge in [-0.15, -0.1) is 0 Å². The van der Waals surface area contributed by atoms with E-state index in [0.717, 1.165) is 83.6 Å². The summed E-state index contributed by atoms with van der Waals surface area (Å²) >= 11 is 0. The third kappa shape index (κ3) is 7.61. The van der Waals surface area contributed by atoms with Crippen LogP contribution in [0.5, 0.6) is 0 Å². The summed E-state index contributed by atoms with van der Waals surface area (Å²) in [5, 5.41) is 0. The molecule has 0 atom stereocenters. The van der Waals surface area contributed by atoms with Crippen molar-refractivity contribution in [3.8, 4) is 0 Å². The van der Waals surface area contributed by atoms with Gasteiger partial charge in [-0.1, -0.05) is 12.1 Å². The Morgan fingerprint density at radius 3 is 1.94 bits per heavy atom. The number of halogens is 2. The molecule has 8 bridgehead atoms. The summed E-state index contributed by atoms with van der Waals surface area (Å²) in [6.07, 6.45) is 14.8. The summed E-state index contributed by atoms with van der Waals surface area (Å²) in [7, 11) is 0. The van der Waals surface area contributed by atoms with Crippen LogP contribution < -0.4 is 43.1 Å². The van der Waals surface area contributed by atoms with Crippen molar-refractivity contribution in [2.24, 2.45) is 0 Å². The molecule has 0 aromatic carbocycles. The molecule has 5 aromatic heterocycles. The molecule has 0 spiro atoms. The number of fused-ring (bicyclic) bond motifs is 8. The van der Waals surface area contributed by atoms with Gasteiger partial charge in [0.1, 0.15) is 13.1 Å². The van der Waals surface area contributed by atoms with Gasteiger partial charge in [-0.25, -0.2) is 19.1 Å². The number of rotatable bonds is 8. The van der Waals surface area contributed by atoms with E-state index in [-0.39, 0.29) is 34.0 Å². The van der Waals surface area contributed by atoms with Gasteiger partial charge in [-0.05, 0) is 110 Å². The van der Waals surface area contributed by atoms with E-state index >= 15 is 0 Å². The Morgan fingerprint density at radius 2 is 1.25 bits per heavy atom. The Balaban J connectivity index is 0.00000225. The van der Waals surface area contributed by atoms with E-state index in [1.54, 1.807) is 0 Å². The highest BCUT2D eigenvalue weighted by Gasteiger charge is 2.19. The minimum absolute atomic E-state index is 0. The number of nitrogens with zero attached hydrogens (tertiary/aromatic N) is 4. The lowest BCUT2D eigenvalue weighted by molar-refractivity contribution is -0.697. The Hall–Kier alpha value is -4.14. The summed E-state index contributed by atoms with van der Waals surface area (Å²) in [5.41, 5.74) is 16.0.